The normalized spacial score (nSPS) is 11.9. The van der Waals surface area contributed by atoms with Crippen LogP contribution in [0.25, 0.3) is 0 Å². The number of carbonyl (C=O) groups excluding carboxylic acids is 1. The molecule has 0 unspecified atom stereocenters. The Morgan fingerprint density at radius 1 is 1.17 bits per heavy atom. The number of halogens is 2. The lowest BCUT2D eigenvalue weighted by atomic mass is 10.1. The molecular weight excluding hydrogens is 333 g/mol. The maximum atomic E-state index is 12.4. The van der Waals surface area contributed by atoms with Gasteiger partial charge < -0.3 is 10.1 Å². The van der Waals surface area contributed by atoms with Gasteiger partial charge in [-0.25, -0.2) is 0 Å². The molecule has 5 heteroatoms. The smallest absolute Gasteiger partial charge is 0.265 e. The van der Waals surface area contributed by atoms with Crippen molar-refractivity contribution in [3.8, 4) is 5.75 Å². The zero-order chi connectivity index (χ0) is 17.0. The van der Waals surface area contributed by atoms with E-state index in [-0.39, 0.29) is 5.91 Å². The highest BCUT2D eigenvalue weighted by molar-refractivity contribution is 6.35. The number of carbonyl (C=O) groups is 1. The molecule has 0 aliphatic rings. The third-order valence-electron chi connectivity index (χ3n) is 3.62. The van der Waals surface area contributed by atoms with Crippen molar-refractivity contribution in [1.29, 1.82) is 0 Å². The van der Waals surface area contributed by atoms with Crippen molar-refractivity contribution in [2.24, 2.45) is 0 Å². The first-order valence-electron chi connectivity index (χ1n) is 7.40. The van der Waals surface area contributed by atoms with Crippen LogP contribution in [-0.4, -0.2) is 12.0 Å². The first-order chi connectivity index (χ1) is 10.9. The van der Waals surface area contributed by atoms with E-state index >= 15 is 0 Å². The van der Waals surface area contributed by atoms with E-state index in [0.29, 0.717) is 22.2 Å². The largest absolute Gasteiger partial charge is 0.480 e. The topological polar surface area (TPSA) is 38.3 Å². The van der Waals surface area contributed by atoms with E-state index in [4.69, 9.17) is 27.9 Å². The Hall–Kier alpha value is -1.71. The highest BCUT2D eigenvalue weighted by atomic mass is 35.5. The summed E-state index contributed by atoms with van der Waals surface area (Å²) in [5.41, 5.74) is 2.71. The molecule has 0 fully saturated rings. The molecule has 0 saturated carbocycles. The number of hydrogen-bond acceptors (Lipinski definition) is 2. The first-order valence-corrected chi connectivity index (χ1v) is 8.16. The molecule has 0 saturated heterocycles. The Bertz CT molecular complexity index is 696. The zero-order valence-electron chi connectivity index (χ0n) is 13.3. The summed E-state index contributed by atoms with van der Waals surface area (Å²) in [6, 6.07) is 10.7. The second kappa shape index (κ2) is 7.71. The number of ether oxygens (including phenoxy) is 1. The fourth-order valence-electron chi connectivity index (χ4n) is 2.18. The molecule has 0 aliphatic heterocycles. The van der Waals surface area contributed by atoms with Gasteiger partial charge in [0.2, 0.25) is 0 Å². The average molecular weight is 352 g/mol. The molecule has 1 atom stereocenters. The van der Waals surface area contributed by atoms with Gasteiger partial charge in [-0.1, -0.05) is 42.3 Å². The highest BCUT2D eigenvalue weighted by Crippen LogP contribution is 2.25. The number of aryl methyl sites for hydroxylation is 1. The van der Waals surface area contributed by atoms with Gasteiger partial charge in [0.05, 0.1) is 0 Å². The minimum atomic E-state index is -0.590. The summed E-state index contributed by atoms with van der Waals surface area (Å²) >= 11 is 11.9. The number of anilines is 1. The molecule has 1 amide bonds. The molecule has 0 spiro atoms. The van der Waals surface area contributed by atoms with Crippen LogP contribution >= 0.6 is 23.2 Å². The predicted molar refractivity (Wildman–Crippen MR) is 95.7 cm³/mol. The van der Waals surface area contributed by atoms with Gasteiger partial charge in [0.15, 0.2) is 6.10 Å². The Balaban J connectivity index is 2.13. The summed E-state index contributed by atoms with van der Waals surface area (Å²) in [7, 11) is 0. The summed E-state index contributed by atoms with van der Waals surface area (Å²) in [6.07, 6.45) is -0.0405. The fourth-order valence-corrected chi connectivity index (χ4v) is 2.70. The Morgan fingerprint density at radius 3 is 2.43 bits per heavy atom. The van der Waals surface area contributed by atoms with Crippen LogP contribution in [0, 0.1) is 13.8 Å². The second-order valence-corrected chi connectivity index (χ2v) is 6.23. The van der Waals surface area contributed by atoms with Crippen LogP contribution in [0.3, 0.4) is 0 Å². The number of nitrogens with one attached hydrogen (secondary N) is 1. The van der Waals surface area contributed by atoms with Gasteiger partial charge in [-0.2, -0.15) is 0 Å². The standard InChI is InChI=1S/C18H19Cl2NO2/c1-4-16(23-17-7-5-6-11(2)12(17)3)18(22)21-15-9-13(19)8-14(20)10-15/h5-10,16H,4H2,1-3H3,(H,21,22)/t16-/m0/s1. The minimum absolute atomic E-state index is 0.230. The van der Waals surface area contributed by atoms with Gasteiger partial charge in [0.25, 0.3) is 5.91 Å². The predicted octanol–water partition coefficient (Wildman–Crippen LogP) is 5.41. The van der Waals surface area contributed by atoms with Gasteiger partial charge in [0.1, 0.15) is 5.75 Å². The van der Waals surface area contributed by atoms with Gasteiger partial charge >= 0.3 is 0 Å². The zero-order valence-corrected chi connectivity index (χ0v) is 14.8. The average Bonchev–Trinajstić information content (AvgIpc) is 2.47. The Labute approximate surface area is 146 Å². The SMILES string of the molecule is CC[C@H](Oc1cccc(C)c1C)C(=O)Nc1cc(Cl)cc(Cl)c1. The van der Waals surface area contributed by atoms with Gasteiger partial charge in [-0.3, -0.25) is 4.79 Å². The molecule has 2 rings (SSSR count). The molecule has 0 aliphatic carbocycles. The summed E-state index contributed by atoms with van der Waals surface area (Å²) in [4.78, 5) is 12.4. The molecule has 1 N–H and O–H groups in total. The number of hydrogen-bond donors (Lipinski definition) is 1. The third-order valence-corrected chi connectivity index (χ3v) is 4.05. The van der Waals surface area contributed by atoms with Gasteiger partial charge in [-0.15, -0.1) is 0 Å². The summed E-state index contributed by atoms with van der Waals surface area (Å²) in [5.74, 6) is 0.489. The number of benzene rings is 2. The minimum Gasteiger partial charge on any atom is -0.480 e. The van der Waals surface area contributed by atoms with E-state index in [0.717, 1.165) is 16.9 Å². The van der Waals surface area contributed by atoms with E-state index in [2.05, 4.69) is 5.32 Å². The van der Waals surface area contributed by atoms with Crippen LogP contribution in [0.15, 0.2) is 36.4 Å². The van der Waals surface area contributed by atoms with Gasteiger partial charge in [-0.05, 0) is 55.7 Å². The first kappa shape index (κ1) is 17.6. The summed E-state index contributed by atoms with van der Waals surface area (Å²) in [6.45, 7) is 5.89. The van der Waals surface area contributed by atoms with Crippen molar-refractivity contribution >= 4 is 34.8 Å². The molecule has 0 heterocycles. The summed E-state index contributed by atoms with van der Waals surface area (Å²) < 4.78 is 5.89. The van der Waals surface area contributed by atoms with Crippen LogP contribution in [0.5, 0.6) is 5.75 Å². The maximum Gasteiger partial charge on any atom is 0.265 e. The lowest BCUT2D eigenvalue weighted by molar-refractivity contribution is -0.122. The van der Waals surface area contributed by atoms with Crippen LogP contribution < -0.4 is 10.1 Å². The monoisotopic (exact) mass is 351 g/mol. The molecule has 2 aromatic rings. The molecule has 122 valence electrons. The Kier molecular flexibility index (Phi) is 5.91. The van der Waals surface area contributed by atoms with E-state index in [1.165, 1.54) is 0 Å². The molecule has 2 aromatic carbocycles. The summed E-state index contributed by atoms with van der Waals surface area (Å²) in [5, 5.41) is 3.73. The fraction of sp³-hybridized carbons (Fsp3) is 0.278. The van der Waals surface area contributed by atoms with E-state index in [1.54, 1.807) is 18.2 Å². The third kappa shape index (κ3) is 4.63. The second-order valence-electron chi connectivity index (χ2n) is 5.36. The lowest BCUT2D eigenvalue weighted by Gasteiger charge is -2.19. The van der Waals surface area contributed by atoms with E-state index in [9.17, 15) is 4.79 Å². The molecule has 0 aromatic heterocycles. The van der Waals surface area contributed by atoms with Crippen molar-refractivity contribution in [3.63, 3.8) is 0 Å². The van der Waals surface area contributed by atoms with Crippen molar-refractivity contribution in [3.05, 3.63) is 57.6 Å². The number of rotatable bonds is 5. The Morgan fingerprint density at radius 2 is 1.83 bits per heavy atom. The van der Waals surface area contributed by atoms with Crippen LogP contribution in [0.1, 0.15) is 24.5 Å². The molecule has 0 bridgehead atoms. The van der Waals surface area contributed by atoms with Crippen molar-refractivity contribution < 1.29 is 9.53 Å². The van der Waals surface area contributed by atoms with Gasteiger partial charge in [0, 0.05) is 15.7 Å². The molecule has 23 heavy (non-hydrogen) atoms. The lowest BCUT2D eigenvalue weighted by Crippen LogP contribution is -2.32. The van der Waals surface area contributed by atoms with Crippen LogP contribution in [-0.2, 0) is 4.79 Å². The van der Waals surface area contributed by atoms with E-state index in [1.807, 2.05) is 39.0 Å². The highest BCUT2D eigenvalue weighted by Gasteiger charge is 2.20. The molecule has 0 radical (unpaired) electrons. The molecule has 3 nitrogen and oxygen atoms in total. The van der Waals surface area contributed by atoms with Crippen LogP contribution in [0.4, 0.5) is 5.69 Å². The van der Waals surface area contributed by atoms with Crippen molar-refractivity contribution in [2.45, 2.75) is 33.3 Å². The van der Waals surface area contributed by atoms with Crippen molar-refractivity contribution in [2.75, 3.05) is 5.32 Å². The number of amides is 1. The van der Waals surface area contributed by atoms with Crippen molar-refractivity contribution in [1.82, 2.24) is 0 Å². The maximum absolute atomic E-state index is 12.4. The van der Waals surface area contributed by atoms with Crippen LogP contribution in [0.2, 0.25) is 10.0 Å². The molecular formula is C18H19Cl2NO2. The van der Waals surface area contributed by atoms with E-state index < -0.39 is 6.10 Å². The quantitative estimate of drug-likeness (QED) is 0.782.